The van der Waals surface area contributed by atoms with Gasteiger partial charge >= 0.3 is 11.7 Å². The third kappa shape index (κ3) is 2.39. The van der Waals surface area contributed by atoms with Crippen LogP contribution in [0.5, 0.6) is 0 Å². The molecule has 0 atom stereocenters. The maximum absolute atomic E-state index is 11.3. The molecule has 0 aliphatic rings. The lowest BCUT2D eigenvalue weighted by Crippen LogP contribution is -2.21. The van der Waals surface area contributed by atoms with Crippen LogP contribution in [0.2, 0.25) is 0 Å². The normalized spacial score (nSPS) is 10.8. The summed E-state index contributed by atoms with van der Waals surface area (Å²) in [4.78, 5) is 43.3. The zero-order chi connectivity index (χ0) is 12.4. The minimum absolute atomic E-state index is 0.0948. The fourth-order valence-corrected chi connectivity index (χ4v) is 1.28. The Balaban J connectivity index is 2.26. The number of carboxylic acids is 1. The van der Waals surface area contributed by atoms with Crippen molar-refractivity contribution in [2.24, 2.45) is 0 Å². The fourth-order valence-electron chi connectivity index (χ4n) is 1.28. The second-order valence-corrected chi connectivity index (χ2v) is 3.20. The van der Waals surface area contributed by atoms with Crippen LogP contribution in [0.15, 0.2) is 9.59 Å². The monoisotopic (exact) mass is 240 g/mol. The number of aromatic amines is 3. The van der Waals surface area contributed by atoms with Crippen LogP contribution in [0.1, 0.15) is 5.82 Å². The number of carbonyl (C=O) groups is 1. The third-order valence-corrected chi connectivity index (χ3v) is 1.90. The topological polar surface area (TPSA) is 141 Å². The first-order valence-electron chi connectivity index (χ1n) is 4.57. The van der Waals surface area contributed by atoms with Crippen molar-refractivity contribution < 1.29 is 14.6 Å². The largest absolute Gasteiger partial charge is 0.480 e. The molecule has 0 aromatic carbocycles. The van der Waals surface area contributed by atoms with Gasteiger partial charge in [0.15, 0.2) is 5.65 Å². The summed E-state index contributed by atoms with van der Waals surface area (Å²) in [6.07, 6.45) is 0. The van der Waals surface area contributed by atoms with Crippen molar-refractivity contribution >= 4 is 17.1 Å². The molecular weight excluding hydrogens is 232 g/mol. The molecule has 2 rings (SSSR count). The Morgan fingerprint density at radius 2 is 2.06 bits per heavy atom. The Morgan fingerprint density at radius 1 is 1.29 bits per heavy atom. The number of aromatic nitrogens is 4. The number of nitrogens with one attached hydrogen (secondary N) is 3. The van der Waals surface area contributed by atoms with Crippen LogP contribution < -0.4 is 11.2 Å². The SMILES string of the molecule is O=C(O)COCc1nc2[nH]c(=O)[nH]c(=O)c2[nH]1. The number of carboxylic acid groups (broad SMARTS) is 1. The van der Waals surface area contributed by atoms with Crippen molar-refractivity contribution in [1.82, 2.24) is 19.9 Å². The van der Waals surface area contributed by atoms with Crippen LogP contribution in [0.4, 0.5) is 0 Å². The average molecular weight is 240 g/mol. The summed E-state index contributed by atoms with van der Waals surface area (Å²) in [5.41, 5.74) is -1.04. The molecule has 0 radical (unpaired) electrons. The highest BCUT2D eigenvalue weighted by molar-refractivity contribution is 5.69. The summed E-state index contributed by atoms with van der Waals surface area (Å²) >= 11 is 0. The number of aliphatic carboxylic acids is 1. The van der Waals surface area contributed by atoms with Gasteiger partial charge in [0, 0.05) is 0 Å². The van der Waals surface area contributed by atoms with Crippen LogP contribution in [0.25, 0.3) is 11.2 Å². The van der Waals surface area contributed by atoms with Gasteiger partial charge in [-0.3, -0.25) is 14.8 Å². The number of imidazole rings is 1. The molecule has 17 heavy (non-hydrogen) atoms. The van der Waals surface area contributed by atoms with E-state index in [1.165, 1.54) is 0 Å². The lowest BCUT2D eigenvalue weighted by molar-refractivity contribution is -0.142. The van der Waals surface area contributed by atoms with Crippen molar-refractivity contribution in [3.05, 3.63) is 26.7 Å². The fraction of sp³-hybridized carbons (Fsp3) is 0.250. The molecule has 0 amide bonds. The molecule has 90 valence electrons. The Bertz CT molecular complexity index is 666. The molecule has 0 aliphatic carbocycles. The molecule has 9 heteroatoms. The van der Waals surface area contributed by atoms with Crippen LogP contribution in [-0.2, 0) is 16.1 Å². The zero-order valence-electron chi connectivity index (χ0n) is 8.44. The maximum atomic E-state index is 11.3. The van der Waals surface area contributed by atoms with E-state index in [1.54, 1.807) is 0 Å². The Hall–Kier alpha value is -2.42. The predicted octanol–water partition coefficient (Wildman–Crippen LogP) is -1.46. The second-order valence-electron chi connectivity index (χ2n) is 3.20. The first-order chi connectivity index (χ1) is 8.06. The molecule has 0 saturated carbocycles. The second kappa shape index (κ2) is 4.22. The number of nitrogens with zero attached hydrogens (tertiary/aromatic N) is 1. The molecule has 0 saturated heterocycles. The average Bonchev–Trinajstić information content (AvgIpc) is 2.60. The number of ether oxygens (including phenoxy) is 1. The van der Waals surface area contributed by atoms with Crippen molar-refractivity contribution in [1.29, 1.82) is 0 Å². The van der Waals surface area contributed by atoms with Crippen LogP contribution in [0, 0.1) is 0 Å². The number of hydrogen-bond acceptors (Lipinski definition) is 5. The highest BCUT2D eigenvalue weighted by Gasteiger charge is 2.08. The standard InChI is InChI=1S/C8H8N4O5/c13-4(14)2-17-1-3-9-5-6(10-3)11-8(16)12-7(5)15/h1-2H2,(H,13,14)(H3,9,10,11,12,15,16). The van der Waals surface area contributed by atoms with Gasteiger partial charge in [-0.25, -0.2) is 14.6 Å². The minimum atomic E-state index is -1.10. The first kappa shape index (κ1) is 11.1. The summed E-state index contributed by atoms with van der Waals surface area (Å²) in [6.45, 7) is -0.563. The number of H-pyrrole nitrogens is 3. The lowest BCUT2D eigenvalue weighted by Gasteiger charge is -1.95. The third-order valence-electron chi connectivity index (χ3n) is 1.90. The highest BCUT2D eigenvalue weighted by atomic mass is 16.5. The highest BCUT2D eigenvalue weighted by Crippen LogP contribution is 2.02. The molecule has 2 aromatic rings. The van der Waals surface area contributed by atoms with Crippen LogP contribution in [-0.4, -0.2) is 37.6 Å². The van der Waals surface area contributed by atoms with Crippen molar-refractivity contribution in [2.75, 3.05) is 6.61 Å². The molecule has 0 spiro atoms. The summed E-state index contributed by atoms with van der Waals surface area (Å²) in [5.74, 6) is -0.846. The van der Waals surface area contributed by atoms with Crippen molar-refractivity contribution in [3.63, 3.8) is 0 Å². The van der Waals surface area contributed by atoms with Crippen LogP contribution in [0.3, 0.4) is 0 Å². The molecule has 2 aromatic heterocycles. The van der Waals surface area contributed by atoms with Gasteiger partial charge in [0.1, 0.15) is 24.6 Å². The van der Waals surface area contributed by atoms with Gasteiger partial charge in [-0.05, 0) is 0 Å². The molecule has 0 fully saturated rings. The number of rotatable bonds is 4. The quantitative estimate of drug-likeness (QED) is 0.514. The smallest absolute Gasteiger partial charge is 0.329 e. The van der Waals surface area contributed by atoms with E-state index in [1.807, 2.05) is 4.98 Å². The number of hydrogen-bond donors (Lipinski definition) is 4. The maximum Gasteiger partial charge on any atom is 0.329 e. The van der Waals surface area contributed by atoms with Gasteiger partial charge in [-0.2, -0.15) is 0 Å². The van der Waals surface area contributed by atoms with Gasteiger partial charge in [-0.15, -0.1) is 0 Å². The van der Waals surface area contributed by atoms with Gasteiger partial charge in [-0.1, -0.05) is 0 Å². The van der Waals surface area contributed by atoms with E-state index < -0.39 is 23.8 Å². The van der Waals surface area contributed by atoms with E-state index in [9.17, 15) is 14.4 Å². The molecule has 4 N–H and O–H groups in total. The number of fused-ring (bicyclic) bond motifs is 1. The van der Waals surface area contributed by atoms with Gasteiger partial charge < -0.3 is 14.8 Å². The Labute approximate surface area is 92.5 Å². The zero-order valence-corrected chi connectivity index (χ0v) is 8.44. The van der Waals surface area contributed by atoms with E-state index in [0.717, 1.165) is 0 Å². The van der Waals surface area contributed by atoms with E-state index in [4.69, 9.17) is 9.84 Å². The first-order valence-corrected chi connectivity index (χ1v) is 4.57. The van der Waals surface area contributed by atoms with E-state index in [0.29, 0.717) is 0 Å². The van der Waals surface area contributed by atoms with E-state index in [2.05, 4.69) is 15.0 Å². The molecule has 9 nitrogen and oxygen atoms in total. The van der Waals surface area contributed by atoms with E-state index in [-0.39, 0.29) is 23.6 Å². The van der Waals surface area contributed by atoms with Gasteiger partial charge in [0.25, 0.3) is 5.56 Å². The summed E-state index contributed by atoms with van der Waals surface area (Å²) in [6, 6.07) is 0. The van der Waals surface area contributed by atoms with Crippen molar-refractivity contribution in [3.8, 4) is 0 Å². The molecule has 2 heterocycles. The van der Waals surface area contributed by atoms with Crippen LogP contribution >= 0.6 is 0 Å². The summed E-state index contributed by atoms with van der Waals surface area (Å²) in [5, 5.41) is 8.35. The molecule has 0 unspecified atom stereocenters. The molecule has 0 bridgehead atoms. The predicted molar refractivity (Wildman–Crippen MR) is 54.6 cm³/mol. The van der Waals surface area contributed by atoms with E-state index >= 15 is 0 Å². The molecular formula is C8H8N4O5. The van der Waals surface area contributed by atoms with Crippen molar-refractivity contribution in [2.45, 2.75) is 6.61 Å². The summed E-state index contributed by atoms with van der Waals surface area (Å²) < 4.78 is 4.78. The Kier molecular flexibility index (Phi) is 2.75. The summed E-state index contributed by atoms with van der Waals surface area (Å²) in [7, 11) is 0. The minimum Gasteiger partial charge on any atom is -0.480 e. The van der Waals surface area contributed by atoms with Gasteiger partial charge in [0.05, 0.1) is 0 Å². The molecule has 0 aliphatic heterocycles. The van der Waals surface area contributed by atoms with Gasteiger partial charge in [0.2, 0.25) is 0 Å². The Morgan fingerprint density at radius 3 is 2.76 bits per heavy atom. The lowest BCUT2D eigenvalue weighted by atomic mass is 10.5.